The third-order valence-corrected chi connectivity index (χ3v) is 11.2. The van der Waals surface area contributed by atoms with Gasteiger partial charge in [-0.15, -0.1) is 0 Å². The molecule has 3 aliphatic rings. The number of nitrogens with zero attached hydrogens (tertiary/aromatic N) is 7. The van der Waals surface area contributed by atoms with Gasteiger partial charge < -0.3 is 34.5 Å². The standard InChI is InChI=1S/C24H31FN10O9P2S2/c1-2-3-4-27-24-32-21-17(22(36)33-24)31-9-34(21)14-5-11-12(41-14)6-39-46(38,48)44-18-13(7-40-45(37,47)43-11)42-23(15(18)25)35-10-30-16-19(26)28-8-29-20(16)35/h8-15,18,23H,2-7H2,1H3,(H,37,47)(H,38,48)(H2,26,28,29)(H2,27,32,33,36)/t11-,12+,13+,14+,15+,18+,23+,45?,46?/m0/s1. The highest BCUT2D eigenvalue weighted by Gasteiger charge is 2.52. The molecule has 0 aliphatic carbocycles. The summed E-state index contributed by atoms with van der Waals surface area (Å²) in [6.07, 6.45) is -3.20. The number of nitrogens with one attached hydrogen (secondary N) is 2. The van der Waals surface area contributed by atoms with Gasteiger partial charge in [0.15, 0.2) is 35.0 Å². The first kappa shape index (κ1) is 33.9. The molecule has 0 aromatic carbocycles. The van der Waals surface area contributed by atoms with Crippen LogP contribution in [0.3, 0.4) is 0 Å². The number of anilines is 2. The van der Waals surface area contributed by atoms with Crippen LogP contribution in [0.5, 0.6) is 0 Å². The molecule has 260 valence electrons. The number of aromatic nitrogens is 8. The van der Waals surface area contributed by atoms with Crippen molar-refractivity contribution in [2.24, 2.45) is 0 Å². The Bertz CT molecular complexity index is 1980. The first-order chi connectivity index (χ1) is 22.9. The zero-order chi connectivity index (χ0) is 33.8. The SMILES string of the molecule is CCCCNc1nc2c(ncn2[C@H]2C[C@@H]3OP(O)(=S)OC[C@H]4O[C@@H](n5cnc6c(N)ncnc65)[C@H](F)[C@@H]4OP(=O)(S)OC[C@H]3O2)c(=O)[nH]1. The van der Waals surface area contributed by atoms with Crippen LogP contribution >= 0.6 is 25.8 Å². The molecular weight excluding hydrogens is 717 g/mol. The summed E-state index contributed by atoms with van der Waals surface area (Å²) in [5.41, 5.74) is 6.14. The predicted molar refractivity (Wildman–Crippen MR) is 173 cm³/mol. The molecule has 7 heterocycles. The van der Waals surface area contributed by atoms with Crippen molar-refractivity contribution < 1.29 is 41.4 Å². The highest BCUT2D eigenvalue weighted by atomic mass is 32.7. The molecule has 0 radical (unpaired) electrons. The molecule has 0 saturated carbocycles. The third-order valence-electron chi connectivity index (χ3n) is 8.00. The Morgan fingerprint density at radius 2 is 1.88 bits per heavy atom. The van der Waals surface area contributed by atoms with Gasteiger partial charge in [0.05, 0.1) is 32.0 Å². The van der Waals surface area contributed by atoms with Crippen LogP contribution in [0, 0.1) is 0 Å². The maximum Gasteiger partial charge on any atom is 0.386 e. The molecule has 9 atom stereocenters. The minimum atomic E-state index is -4.28. The van der Waals surface area contributed by atoms with Crippen LogP contribution in [0.15, 0.2) is 23.8 Å². The summed E-state index contributed by atoms with van der Waals surface area (Å²) in [6, 6.07) is 0. The van der Waals surface area contributed by atoms with Crippen molar-refractivity contribution in [1.29, 1.82) is 0 Å². The van der Waals surface area contributed by atoms with Crippen LogP contribution in [-0.2, 0) is 43.9 Å². The number of aromatic amines is 1. The smallest absolute Gasteiger partial charge is 0.382 e. The highest BCUT2D eigenvalue weighted by molar-refractivity contribution is 8.44. The van der Waals surface area contributed by atoms with E-state index in [4.69, 9.17) is 45.1 Å². The maximum atomic E-state index is 16.1. The van der Waals surface area contributed by atoms with E-state index in [1.807, 2.05) is 6.92 Å². The average Bonchev–Trinajstić information content (AvgIpc) is 3.81. The van der Waals surface area contributed by atoms with E-state index in [0.29, 0.717) is 6.54 Å². The fourth-order valence-electron chi connectivity index (χ4n) is 5.69. The number of alkyl halides is 1. The van der Waals surface area contributed by atoms with Crippen LogP contribution in [0.1, 0.15) is 38.6 Å². The van der Waals surface area contributed by atoms with Crippen molar-refractivity contribution in [3.63, 3.8) is 0 Å². The van der Waals surface area contributed by atoms with E-state index in [9.17, 15) is 14.3 Å². The van der Waals surface area contributed by atoms with Gasteiger partial charge in [-0.25, -0.2) is 28.9 Å². The summed E-state index contributed by atoms with van der Waals surface area (Å²) in [6.45, 7) is -6.61. The number of nitrogens with two attached hydrogens (primary N) is 1. The molecule has 3 fully saturated rings. The van der Waals surface area contributed by atoms with E-state index < -0.39 is 75.3 Å². The summed E-state index contributed by atoms with van der Waals surface area (Å²) >= 11 is 9.40. The molecule has 19 nitrogen and oxygen atoms in total. The highest BCUT2D eigenvalue weighted by Crippen LogP contribution is 2.58. The minimum absolute atomic E-state index is 0.0719. The minimum Gasteiger partial charge on any atom is -0.382 e. The molecule has 3 saturated heterocycles. The van der Waals surface area contributed by atoms with Crippen molar-refractivity contribution in [3.8, 4) is 0 Å². The molecule has 0 amide bonds. The summed E-state index contributed by atoms with van der Waals surface area (Å²) in [5, 5.41) is 3.08. The summed E-state index contributed by atoms with van der Waals surface area (Å²) in [7, 11) is 0. The number of hydrogen-bond acceptors (Lipinski definition) is 16. The zero-order valence-electron chi connectivity index (χ0n) is 25.1. The van der Waals surface area contributed by atoms with Gasteiger partial charge in [0, 0.05) is 13.0 Å². The van der Waals surface area contributed by atoms with E-state index in [2.05, 4.69) is 47.5 Å². The molecule has 5 N–H and O–H groups in total. The van der Waals surface area contributed by atoms with Gasteiger partial charge in [0.1, 0.15) is 36.4 Å². The van der Waals surface area contributed by atoms with Gasteiger partial charge in [-0.2, -0.15) is 4.98 Å². The number of fused-ring (bicyclic) bond motifs is 4. The number of halogens is 1. The third kappa shape index (κ3) is 6.63. The summed E-state index contributed by atoms with van der Waals surface area (Å²) in [4.78, 5) is 47.3. The number of rotatable bonds is 6. The van der Waals surface area contributed by atoms with Gasteiger partial charge in [-0.05, 0) is 18.2 Å². The topological polar surface area (TPSA) is 238 Å². The second kappa shape index (κ2) is 13.3. The Labute approximate surface area is 281 Å². The molecule has 48 heavy (non-hydrogen) atoms. The van der Waals surface area contributed by atoms with Crippen molar-refractivity contribution in [2.75, 3.05) is 30.8 Å². The molecule has 4 aromatic heterocycles. The molecule has 0 bridgehead atoms. The normalized spacial score (nSPS) is 34.5. The van der Waals surface area contributed by atoms with Gasteiger partial charge in [0.2, 0.25) is 5.95 Å². The number of H-pyrrole nitrogens is 1. The van der Waals surface area contributed by atoms with Gasteiger partial charge in [0.25, 0.3) is 5.56 Å². The van der Waals surface area contributed by atoms with E-state index in [-0.39, 0.29) is 40.5 Å². The number of hydrogen-bond donors (Lipinski definition) is 5. The van der Waals surface area contributed by atoms with Crippen LogP contribution in [-0.4, -0.2) is 94.3 Å². The molecule has 7 rings (SSSR count). The maximum absolute atomic E-state index is 16.1. The number of thiol groups is 1. The lowest BCUT2D eigenvalue weighted by Crippen LogP contribution is -2.35. The molecule has 2 unspecified atom stereocenters. The van der Waals surface area contributed by atoms with Crippen LogP contribution in [0.25, 0.3) is 22.3 Å². The molecule has 0 spiro atoms. The first-order valence-corrected chi connectivity index (χ1v) is 20.1. The second-order valence-corrected chi connectivity index (χ2v) is 16.9. The van der Waals surface area contributed by atoms with Crippen LogP contribution in [0.4, 0.5) is 16.2 Å². The lowest BCUT2D eigenvalue weighted by molar-refractivity contribution is -0.0561. The molecule has 3 aliphatic heterocycles. The van der Waals surface area contributed by atoms with E-state index >= 15 is 4.39 Å². The Balaban J connectivity index is 1.12. The van der Waals surface area contributed by atoms with Gasteiger partial charge >= 0.3 is 13.5 Å². The lowest BCUT2D eigenvalue weighted by Gasteiger charge is -2.28. The van der Waals surface area contributed by atoms with E-state index in [1.54, 1.807) is 0 Å². The van der Waals surface area contributed by atoms with Crippen molar-refractivity contribution in [3.05, 3.63) is 29.3 Å². The Morgan fingerprint density at radius 1 is 1.10 bits per heavy atom. The Hall–Kier alpha value is -2.62. The monoisotopic (exact) mass is 748 g/mol. The van der Waals surface area contributed by atoms with Crippen molar-refractivity contribution in [1.82, 2.24) is 39.0 Å². The van der Waals surface area contributed by atoms with Crippen molar-refractivity contribution >= 4 is 71.7 Å². The number of imidazole rings is 2. The van der Waals surface area contributed by atoms with Gasteiger partial charge in [-0.3, -0.25) is 28.0 Å². The molecule has 24 heteroatoms. The van der Waals surface area contributed by atoms with E-state index in [0.717, 1.165) is 12.8 Å². The number of unbranched alkanes of at least 4 members (excludes halogenated alkanes) is 1. The fourth-order valence-corrected chi connectivity index (χ4v) is 8.65. The van der Waals surface area contributed by atoms with E-state index in [1.165, 1.54) is 28.1 Å². The molecule has 4 aromatic rings. The van der Waals surface area contributed by atoms with Crippen molar-refractivity contribution in [2.45, 2.75) is 69.2 Å². The average molecular weight is 749 g/mol. The Kier molecular flexibility index (Phi) is 9.35. The lowest BCUT2D eigenvalue weighted by atomic mass is 10.1. The number of nitrogen functional groups attached to an aromatic ring is 1. The second-order valence-electron chi connectivity index (χ2n) is 11.2. The Morgan fingerprint density at radius 3 is 2.69 bits per heavy atom. The quantitative estimate of drug-likeness (QED) is 0.108. The predicted octanol–water partition coefficient (Wildman–Crippen LogP) is 2.35. The van der Waals surface area contributed by atoms with Gasteiger partial charge in [-0.1, -0.05) is 25.6 Å². The van der Waals surface area contributed by atoms with Crippen LogP contribution < -0.4 is 16.6 Å². The first-order valence-electron chi connectivity index (χ1n) is 14.8. The summed E-state index contributed by atoms with van der Waals surface area (Å²) < 4.78 is 67.1. The van der Waals surface area contributed by atoms with Crippen LogP contribution in [0.2, 0.25) is 0 Å². The fraction of sp³-hybridized carbons (Fsp3) is 0.583. The number of ether oxygens (including phenoxy) is 2. The summed E-state index contributed by atoms with van der Waals surface area (Å²) in [5.74, 6) is 0.342. The largest absolute Gasteiger partial charge is 0.386 e. The zero-order valence-corrected chi connectivity index (χ0v) is 28.6. The molecular formula is C24H31FN10O9P2S2.